The Morgan fingerprint density at radius 3 is 2.39 bits per heavy atom. The number of carbonyl (C=O) groups excluding carboxylic acids is 1. The van der Waals surface area contributed by atoms with Gasteiger partial charge in [-0.2, -0.15) is 0 Å². The summed E-state index contributed by atoms with van der Waals surface area (Å²) in [6, 6.07) is 3.49. The molecule has 0 unspecified atom stereocenters. The van der Waals surface area contributed by atoms with Crippen molar-refractivity contribution < 1.29 is 9.53 Å². The minimum atomic E-state index is -0.490. The summed E-state index contributed by atoms with van der Waals surface area (Å²) in [4.78, 5) is 41.8. The molecular weight excluding hydrogens is 396 g/mol. The van der Waals surface area contributed by atoms with Crippen molar-refractivity contribution in [1.29, 1.82) is 0 Å². The average molecular weight is 429 g/mol. The Morgan fingerprint density at radius 1 is 1.03 bits per heavy atom. The normalized spacial score (nSPS) is 14.7. The predicted octanol–water partition coefficient (Wildman–Crippen LogP) is 2.81. The molecule has 2 aromatic rings. The zero-order chi connectivity index (χ0) is 22.1. The van der Waals surface area contributed by atoms with Gasteiger partial charge in [-0.1, -0.05) is 19.3 Å². The van der Waals surface area contributed by atoms with Crippen LogP contribution in [0.5, 0.6) is 0 Å². The van der Waals surface area contributed by atoms with E-state index >= 15 is 0 Å². The van der Waals surface area contributed by atoms with Crippen molar-refractivity contribution in [1.82, 2.24) is 9.88 Å². The Kier molecular flexibility index (Phi) is 8.58. The Morgan fingerprint density at radius 2 is 1.68 bits per heavy atom. The number of nitrogens with zero attached hydrogens (tertiary/aromatic N) is 2. The molecule has 0 aliphatic carbocycles. The van der Waals surface area contributed by atoms with E-state index in [4.69, 9.17) is 4.74 Å². The molecule has 1 saturated heterocycles. The Balaban J connectivity index is 1.26. The summed E-state index contributed by atoms with van der Waals surface area (Å²) < 4.78 is 5.35. The SMILES string of the molecule is COC1CCN(C(=O)CCCCCCCNc2c(Nc3ccncc3)c(=O)c2=O)CC1. The number of unbranched alkanes of at least 4 members (excludes halogenated alkanes) is 4. The number of likely N-dealkylation sites (tertiary alicyclic amines) is 1. The molecule has 1 fully saturated rings. The van der Waals surface area contributed by atoms with E-state index in [0.29, 0.717) is 30.4 Å². The smallest absolute Gasteiger partial charge is 0.253 e. The molecule has 2 N–H and O–H groups in total. The fourth-order valence-electron chi connectivity index (χ4n) is 3.90. The molecule has 31 heavy (non-hydrogen) atoms. The van der Waals surface area contributed by atoms with Gasteiger partial charge in [0.15, 0.2) is 0 Å². The highest BCUT2D eigenvalue weighted by Gasteiger charge is 2.22. The Bertz CT molecular complexity index is 900. The lowest BCUT2D eigenvalue weighted by Gasteiger charge is -2.31. The van der Waals surface area contributed by atoms with Crippen LogP contribution in [0.15, 0.2) is 34.1 Å². The zero-order valence-electron chi connectivity index (χ0n) is 18.2. The standard InChI is InChI=1S/C23H32N4O4/c1-31-18-10-15-27(16-11-18)19(28)7-5-3-2-4-6-12-25-20-21(23(30)22(20)29)26-17-8-13-24-14-9-17/h8-9,13-14,18,25H,2-7,10-12,15-16H2,1H3,(H,24,26). The first-order chi connectivity index (χ1) is 15.1. The number of anilines is 3. The molecule has 8 heteroatoms. The highest BCUT2D eigenvalue weighted by Crippen LogP contribution is 2.20. The van der Waals surface area contributed by atoms with Crippen LogP contribution in [0.4, 0.5) is 17.1 Å². The molecule has 2 heterocycles. The number of hydrogen-bond donors (Lipinski definition) is 2. The lowest BCUT2D eigenvalue weighted by Crippen LogP contribution is -2.40. The number of nitrogens with one attached hydrogen (secondary N) is 2. The van der Waals surface area contributed by atoms with Gasteiger partial charge in [-0.3, -0.25) is 19.4 Å². The zero-order valence-corrected chi connectivity index (χ0v) is 18.2. The maximum absolute atomic E-state index is 12.3. The van der Waals surface area contributed by atoms with Gasteiger partial charge < -0.3 is 20.3 Å². The van der Waals surface area contributed by atoms with Gasteiger partial charge in [-0.15, -0.1) is 0 Å². The van der Waals surface area contributed by atoms with Crippen LogP contribution in [0.2, 0.25) is 0 Å². The maximum Gasteiger partial charge on any atom is 0.253 e. The van der Waals surface area contributed by atoms with Gasteiger partial charge in [0.2, 0.25) is 5.91 Å². The second-order valence-electron chi connectivity index (χ2n) is 8.03. The molecular formula is C23H32N4O4. The van der Waals surface area contributed by atoms with Crippen LogP contribution >= 0.6 is 0 Å². The van der Waals surface area contributed by atoms with Crippen molar-refractivity contribution in [3.63, 3.8) is 0 Å². The maximum atomic E-state index is 12.3. The highest BCUT2D eigenvalue weighted by molar-refractivity contribution is 5.78. The molecule has 1 aliphatic heterocycles. The van der Waals surface area contributed by atoms with E-state index in [0.717, 1.165) is 63.7 Å². The summed E-state index contributed by atoms with van der Waals surface area (Å²) in [7, 11) is 1.73. The lowest BCUT2D eigenvalue weighted by molar-refractivity contribution is -0.133. The first kappa shape index (κ1) is 22.9. The van der Waals surface area contributed by atoms with Crippen LogP contribution in [-0.4, -0.2) is 48.6 Å². The van der Waals surface area contributed by atoms with Crippen molar-refractivity contribution in [3.05, 3.63) is 45.0 Å². The van der Waals surface area contributed by atoms with Crippen molar-refractivity contribution in [2.45, 2.75) is 57.5 Å². The molecule has 1 amide bonds. The molecule has 0 saturated carbocycles. The first-order valence-corrected chi connectivity index (χ1v) is 11.1. The van der Waals surface area contributed by atoms with Crippen LogP contribution in [0.1, 0.15) is 51.4 Å². The molecule has 1 aromatic carbocycles. The molecule has 0 spiro atoms. The highest BCUT2D eigenvalue weighted by atomic mass is 16.5. The summed E-state index contributed by atoms with van der Waals surface area (Å²) in [5, 5.41) is 6.07. The van der Waals surface area contributed by atoms with Crippen LogP contribution in [0.3, 0.4) is 0 Å². The predicted molar refractivity (Wildman–Crippen MR) is 122 cm³/mol. The lowest BCUT2D eigenvalue weighted by atomic mass is 10.1. The third kappa shape index (κ3) is 6.37. The third-order valence-corrected chi connectivity index (χ3v) is 5.86. The molecule has 8 nitrogen and oxygen atoms in total. The van der Waals surface area contributed by atoms with Crippen LogP contribution < -0.4 is 21.5 Å². The van der Waals surface area contributed by atoms with Crippen molar-refractivity contribution in [2.75, 3.05) is 37.4 Å². The fraction of sp³-hybridized carbons (Fsp3) is 0.565. The van der Waals surface area contributed by atoms with Gasteiger partial charge >= 0.3 is 0 Å². The van der Waals surface area contributed by atoms with Gasteiger partial charge in [0, 0.05) is 51.2 Å². The van der Waals surface area contributed by atoms with Gasteiger partial charge in [0.25, 0.3) is 10.9 Å². The van der Waals surface area contributed by atoms with Crippen molar-refractivity contribution in [2.24, 2.45) is 0 Å². The molecule has 1 aromatic heterocycles. The summed E-state index contributed by atoms with van der Waals surface area (Å²) in [5.41, 5.74) is 0.455. The number of carbonyl (C=O) groups is 1. The monoisotopic (exact) mass is 428 g/mol. The van der Waals surface area contributed by atoms with Gasteiger partial charge in [-0.05, 0) is 37.8 Å². The van der Waals surface area contributed by atoms with Gasteiger partial charge in [0.05, 0.1) is 6.10 Å². The summed E-state index contributed by atoms with van der Waals surface area (Å²) in [6.45, 7) is 2.25. The number of methoxy groups -OCH3 is 1. The second kappa shape index (κ2) is 11.6. The topological polar surface area (TPSA) is 101 Å². The van der Waals surface area contributed by atoms with Gasteiger partial charge in [0.1, 0.15) is 11.4 Å². The summed E-state index contributed by atoms with van der Waals surface area (Å²) in [6.07, 6.45) is 10.9. The Hall–Kier alpha value is -2.74. The van der Waals surface area contributed by atoms with E-state index in [1.165, 1.54) is 0 Å². The van der Waals surface area contributed by atoms with E-state index in [9.17, 15) is 14.4 Å². The van der Waals surface area contributed by atoms with E-state index in [-0.39, 0.29) is 5.91 Å². The second-order valence-corrected chi connectivity index (χ2v) is 8.03. The van der Waals surface area contributed by atoms with Gasteiger partial charge in [-0.25, -0.2) is 0 Å². The number of aromatic nitrogens is 1. The molecule has 0 bridgehead atoms. The molecule has 0 atom stereocenters. The molecule has 168 valence electrons. The Labute approximate surface area is 182 Å². The van der Waals surface area contributed by atoms with E-state index in [2.05, 4.69) is 15.6 Å². The summed E-state index contributed by atoms with van der Waals surface area (Å²) >= 11 is 0. The third-order valence-electron chi connectivity index (χ3n) is 5.86. The first-order valence-electron chi connectivity index (χ1n) is 11.1. The van der Waals surface area contributed by atoms with Crippen LogP contribution in [0.25, 0.3) is 0 Å². The number of pyridine rings is 1. The number of hydrogen-bond acceptors (Lipinski definition) is 7. The van der Waals surface area contributed by atoms with Crippen LogP contribution in [0, 0.1) is 0 Å². The summed E-state index contributed by atoms with van der Waals surface area (Å²) in [5.74, 6) is 0.255. The minimum absolute atomic E-state index is 0.255. The van der Waals surface area contributed by atoms with Crippen LogP contribution in [-0.2, 0) is 9.53 Å². The van der Waals surface area contributed by atoms with E-state index in [1.54, 1.807) is 31.6 Å². The number of ether oxygens (including phenoxy) is 1. The molecule has 1 aliphatic rings. The quantitative estimate of drug-likeness (QED) is 0.396. The number of amides is 1. The van der Waals surface area contributed by atoms with Crippen molar-refractivity contribution >= 4 is 23.0 Å². The number of piperidine rings is 1. The van der Waals surface area contributed by atoms with E-state index < -0.39 is 10.9 Å². The fourth-order valence-corrected chi connectivity index (χ4v) is 3.90. The minimum Gasteiger partial charge on any atom is -0.381 e. The van der Waals surface area contributed by atoms with Crippen molar-refractivity contribution in [3.8, 4) is 0 Å². The van der Waals surface area contributed by atoms with E-state index in [1.807, 2.05) is 4.90 Å². The largest absolute Gasteiger partial charge is 0.381 e. The molecule has 3 rings (SSSR count). The molecule has 0 radical (unpaired) electrons. The number of rotatable bonds is 12. The average Bonchev–Trinajstić information content (AvgIpc) is 2.82.